The molecule has 0 radical (unpaired) electrons. The van der Waals surface area contributed by atoms with Gasteiger partial charge in [0.2, 0.25) is 0 Å². The Morgan fingerprint density at radius 2 is 1.24 bits per heavy atom. The number of hydrogen-bond donors (Lipinski definition) is 0. The van der Waals surface area contributed by atoms with Crippen molar-refractivity contribution in [1.82, 2.24) is 0 Å². The monoisotopic (exact) mass is 458 g/mol. The summed E-state index contributed by atoms with van der Waals surface area (Å²) >= 11 is 0. The van der Waals surface area contributed by atoms with Gasteiger partial charge in [-0.25, -0.2) is 26.3 Å². The van der Waals surface area contributed by atoms with Crippen LogP contribution in [0.3, 0.4) is 0 Å². The van der Waals surface area contributed by atoms with Crippen LogP contribution in [0.2, 0.25) is 0 Å². The minimum Gasteiger partial charge on any atom is -0.206 e. The number of aryl methyl sites for hydroxylation is 3. The van der Waals surface area contributed by atoms with Crippen LogP contribution in [0.1, 0.15) is 30.0 Å². The molecule has 0 spiro atoms. The molecule has 33 heavy (non-hydrogen) atoms. The molecular formula is C27H20F6. The Balaban J connectivity index is 1.68. The molecule has 0 unspecified atom stereocenters. The molecule has 0 nitrogen and oxygen atoms in total. The van der Waals surface area contributed by atoms with Crippen molar-refractivity contribution in [1.29, 1.82) is 0 Å². The Morgan fingerprint density at radius 3 is 1.88 bits per heavy atom. The Morgan fingerprint density at radius 1 is 0.576 bits per heavy atom. The van der Waals surface area contributed by atoms with Crippen LogP contribution in [0.4, 0.5) is 26.3 Å². The van der Waals surface area contributed by atoms with E-state index in [0.29, 0.717) is 5.56 Å². The molecule has 0 fully saturated rings. The van der Waals surface area contributed by atoms with E-state index < -0.39 is 40.3 Å². The Bertz CT molecular complexity index is 1300. The lowest BCUT2D eigenvalue weighted by Crippen LogP contribution is -2.01. The largest absolute Gasteiger partial charge is 0.206 e. The summed E-state index contributed by atoms with van der Waals surface area (Å²) in [4.78, 5) is 0. The summed E-state index contributed by atoms with van der Waals surface area (Å²) in [6, 6.07) is 13.1. The van der Waals surface area contributed by atoms with Gasteiger partial charge in [0.05, 0.1) is 5.39 Å². The van der Waals surface area contributed by atoms with Gasteiger partial charge in [0.15, 0.2) is 29.1 Å². The van der Waals surface area contributed by atoms with E-state index >= 15 is 4.39 Å². The predicted molar refractivity (Wildman–Crippen MR) is 117 cm³/mol. The highest BCUT2D eigenvalue weighted by atomic mass is 19.2. The molecule has 0 N–H and O–H groups in total. The first-order valence-electron chi connectivity index (χ1n) is 10.6. The first-order chi connectivity index (χ1) is 15.8. The molecule has 0 atom stereocenters. The van der Waals surface area contributed by atoms with Crippen LogP contribution in [-0.4, -0.2) is 0 Å². The first-order valence-corrected chi connectivity index (χ1v) is 10.6. The van der Waals surface area contributed by atoms with Crippen molar-refractivity contribution in [3.63, 3.8) is 0 Å². The van der Waals surface area contributed by atoms with Crippen LogP contribution in [-0.2, 0) is 19.3 Å². The second-order valence-electron chi connectivity index (χ2n) is 8.01. The molecule has 0 amide bonds. The van der Waals surface area contributed by atoms with E-state index in [1.54, 1.807) is 12.1 Å². The quantitative estimate of drug-likeness (QED) is 0.202. The van der Waals surface area contributed by atoms with Gasteiger partial charge < -0.3 is 0 Å². The standard InChI is InChI=1S/C27H20F6/c1-2-3-15-4-7-17(8-5-15)20-14-19-11-10-18(24(30)23(19)27(33)25(20)31)9-6-16-12-21(28)26(32)22(29)13-16/h4-5,7-8,10-14H,2-3,6,9H2,1H3. The van der Waals surface area contributed by atoms with Gasteiger partial charge in [-0.1, -0.05) is 49.7 Å². The van der Waals surface area contributed by atoms with E-state index in [2.05, 4.69) is 0 Å². The van der Waals surface area contributed by atoms with Gasteiger partial charge in [-0.3, -0.25) is 0 Å². The van der Waals surface area contributed by atoms with Gasteiger partial charge in [-0.05, 0) is 65.1 Å². The van der Waals surface area contributed by atoms with E-state index in [1.165, 1.54) is 18.2 Å². The van der Waals surface area contributed by atoms with Crippen LogP contribution in [0, 0.1) is 34.9 Å². The number of rotatable bonds is 6. The Hall–Kier alpha value is -3.28. The molecule has 0 aromatic heterocycles. The van der Waals surface area contributed by atoms with Gasteiger partial charge in [0, 0.05) is 5.56 Å². The maximum atomic E-state index is 15.1. The van der Waals surface area contributed by atoms with Crippen molar-refractivity contribution < 1.29 is 26.3 Å². The topological polar surface area (TPSA) is 0 Å². The summed E-state index contributed by atoms with van der Waals surface area (Å²) in [5.41, 5.74) is 1.78. The van der Waals surface area contributed by atoms with E-state index in [-0.39, 0.29) is 34.9 Å². The average Bonchev–Trinajstić information content (AvgIpc) is 2.80. The SMILES string of the molecule is CCCc1ccc(-c2cc3ccc(CCc4cc(F)c(F)c(F)c4)c(F)c3c(F)c2F)cc1. The zero-order valence-corrected chi connectivity index (χ0v) is 17.8. The molecule has 0 bridgehead atoms. The van der Waals surface area contributed by atoms with E-state index in [1.807, 2.05) is 19.1 Å². The summed E-state index contributed by atoms with van der Waals surface area (Å²) in [6.07, 6.45) is 1.79. The Labute approximate surface area is 187 Å². The lowest BCUT2D eigenvalue weighted by atomic mass is 9.95. The molecule has 4 rings (SSSR count). The molecule has 0 aliphatic rings. The molecule has 6 heteroatoms. The first kappa shape index (κ1) is 22.9. The maximum absolute atomic E-state index is 15.1. The van der Waals surface area contributed by atoms with Crippen molar-refractivity contribution in [3.05, 3.63) is 106 Å². The van der Waals surface area contributed by atoms with Crippen LogP contribution < -0.4 is 0 Å². The third-order valence-electron chi connectivity index (χ3n) is 5.73. The highest BCUT2D eigenvalue weighted by Gasteiger charge is 2.20. The molecule has 0 saturated carbocycles. The fraction of sp³-hybridized carbons (Fsp3) is 0.185. The van der Waals surface area contributed by atoms with E-state index in [9.17, 15) is 22.0 Å². The second kappa shape index (κ2) is 9.30. The molecule has 0 heterocycles. The van der Waals surface area contributed by atoms with Gasteiger partial charge in [0.25, 0.3) is 0 Å². The number of halogens is 6. The second-order valence-corrected chi connectivity index (χ2v) is 8.01. The highest BCUT2D eigenvalue weighted by molar-refractivity contribution is 5.89. The molecule has 4 aromatic rings. The predicted octanol–water partition coefficient (Wildman–Crippen LogP) is 8.08. The summed E-state index contributed by atoms with van der Waals surface area (Å²) in [7, 11) is 0. The minimum atomic E-state index is -1.58. The maximum Gasteiger partial charge on any atom is 0.194 e. The lowest BCUT2D eigenvalue weighted by molar-refractivity contribution is 0.445. The molecule has 4 aromatic carbocycles. The van der Waals surface area contributed by atoms with E-state index in [4.69, 9.17) is 0 Å². The van der Waals surface area contributed by atoms with Crippen molar-refractivity contribution in [2.45, 2.75) is 32.6 Å². The third kappa shape index (κ3) is 4.47. The van der Waals surface area contributed by atoms with Crippen LogP contribution in [0.25, 0.3) is 21.9 Å². The summed E-state index contributed by atoms with van der Waals surface area (Å²) in [6.45, 7) is 2.05. The lowest BCUT2D eigenvalue weighted by Gasteiger charge is -2.12. The smallest absolute Gasteiger partial charge is 0.194 e. The molecular weight excluding hydrogens is 438 g/mol. The molecule has 0 aliphatic carbocycles. The number of fused-ring (bicyclic) bond motifs is 1. The van der Waals surface area contributed by atoms with Crippen LogP contribution >= 0.6 is 0 Å². The van der Waals surface area contributed by atoms with Gasteiger partial charge in [-0.2, -0.15) is 0 Å². The van der Waals surface area contributed by atoms with Crippen molar-refractivity contribution in [3.8, 4) is 11.1 Å². The van der Waals surface area contributed by atoms with E-state index in [0.717, 1.165) is 30.5 Å². The van der Waals surface area contributed by atoms with Crippen molar-refractivity contribution >= 4 is 10.8 Å². The van der Waals surface area contributed by atoms with Crippen molar-refractivity contribution in [2.24, 2.45) is 0 Å². The van der Waals surface area contributed by atoms with Crippen LogP contribution in [0.15, 0.2) is 54.6 Å². The minimum absolute atomic E-state index is 0.0111. The van der Waals surface area contributed by atoms with Crippen molar-refractivity contribution in [2.75, 3.05) is 0 Å². The molecule has 0 aliphatic heterocycles. The zero-order chi connectivity index (χ0) is 23.7. The number of benzene rings is 4. The summed E-state index contributed by atoms with van der Waals surface area (Å²) < 4.78 is 84.9. The third-order valence-corrected chi connectivity index (χ3v) is 5.73. The summed E-state index contributed by atoms with van der Waals surface area (Å²) in [5, 5.41) is -0.283. The van der Waals surface area contributed by atoms with Gasteiger partial charge in [0.1, 0.15) is 5.82 Å². The van der Waals surface area contributed by atoms with Gasteiger partial charge in [-0.15, -0.1) is 0 Å². The highest BCUT2D eigenvalue weighted by Crippen LogP contribution is 2.33. The van der Waals surface area contributed by atoms with Crippen LogP contribution in [0.5, 0.6) is 0 Å². The molecule has 170 valence electrons. The fourth-order valence-electron chi connectivity index (χ4n) is 4.00. The van der Waals surface area contributed by atoms with Gasteiger partial charge >= 0.3 is 0 Å². The zero-order valence-electron chi connectivity index (χ0n) is 17.8. The average molecular weight is 458 g/mol. The fourth-order valence-corrected chi connectivity index (χ4v) is 4.00. The number of hydrogen-bond acceptors (Lipinski definition) is 0. The Kier molecular flexibility index (Phi) is 6.45. The summed E-state index contributed by atoms with van der Waals surface area (Å²) in [5.74, 6) is -7.64. The normalized spacial score (nSPS) is 11.4. The molecule has 0 saturated heterocycles.